The summed E-state index contributed by atoms with van der Waals surface area (Å²) in [5, 5.41) is 24.8. The Morgan fingerprint density at radius 1 is 1.70 bits per heavy atom. The van der Waals surface area contributed by atoms with E-state index in [9.17, 15) is 14.9 Å². The van der Waals surface area contributed by atoms with E-state index >= 15 is 0 Å². The van der Waals surface area contributed by atoms with Crippen LogP contribution in [-0.2, 0) is 4.79 Å². The second-order valence-corrected chi connectivity index (χ2v) is 5.66. The van der Waals surface area contributed by atoms with Crippen LogP contribution in [0, 0.1) is 16.0 Å². The van der Waals surface area contributed by atoms with Crippen LogP contribution in [0.25, 0.3) is 4.96 Å². The summed E-state index contributed by atoms with van der Waals surface area (Å²) in [6.07, 6.45) is 3.41. The third-order valence-electron chi connectivity index (χ3n) is 3.32. The van der Waals surface area contributed by atoms with E-state index in [0.29, 0.717) is 4.96 Å². The minimum absolute atomic E-state index is 0.0625. The summed E-state index contributed by atoms with van der Waals surface area (Å²) in [5.41, 5.74) is 0. The quantitative estimate of drug-likeness (QED) is 0.623. The fourth-order valence-corrected chi connectivity index (χ4v) is 2.95. The molecular formula is C11H12N4O4S. The number of nitrogens with zero attached hydrogens (tertiary/aromatic N) is 3. The van der Waals surface area contributed by atoms with Gasteiger partial charge in [0.2, 0.25) is 5.82 Å². The van der Waals surface area contributed by atoms with E-state index in [0.717, 1.165) is 12.8 Å². The van der Waals surface area contributed by atoms with E-state index in [1.54, 1.807) is 11.6 Å². The number of thiazole rings is 1. The first-order chi connectivity index (χ1) is 9.56. The van der Waals surface area contributed by atoms with Crippen molar-refractivity contribution in [1.29, 1.82) is 0 Å². The van der Waals surface area contributed by atoms with Crippen molar-refractivity contribution in [2.24, 2.45) is 5.92 Å². The van der Waals surface area contributed by atoms with E-state index in [-0.39, 0.29) is 30.0 Å². The Morgan fingerprint density at radius 3 is 3.05 bits per heavy atom. The average molecular weight is 296 g/mol. The van der Waals surface area contributed by atoms with Gasteiger partial charge in [-0.1, -0.05) is 11.3 Å². The lowest BCUT2D eigenvalue weighted by molar-refractivity contribution is -0.389. The zero-order valence-electron chi connectivity index (χ0n) is 10.4. The number of hydrogen-bond donors (Lipinski definition) is 2. The Labute approximate surface area is 117 Å². The fraction of sp³-hybridized carbons (Fsp3) is 0.455. The molecule has 0 spiro atoms. The van der Waals surface area contributed by atoms with Crippen molar-refractivity contribution in [2.75, 3.05) is 5.32 Å². The summed E-state index contributed by atoms with van der Waals surface area (Å²) in [6.45, 7) is 0. The van der Waals surface area contributed by atoms with Crippen LogP contribution in [0.15, 0.2) is 11.6 Å². The Balaban J connectivity index is 1.92. The number of rotatable bonds is 6. The molecule has 2 aromatic heterocycles. The maximum absolute atomic E-state index is 11.2. The maximum atomic E-state index is 11.2. The fourth-order valence-electron chi connectivity index (χ4n) is 2.24. The molecule has 0 aliphatic heterocycles. The van der Waals surface area contributed by atoms with Crippen molar-refractivity contribution in [3.63, 3.8) is 0 Å². The standard InChI is InChI=1S/C11H12N4O4S/c16-8(17)5-7(6-1-2-6)12-9-10(15(18)19)14-3-4-20-11(14)13-9/h3-4,6-7,12H,1-2,5H2,(H,16,17). The van der Waals surface area contributed by atoms with Gasteiger partial charge in [-0.3, -0.25) is 4.79 Å². The third kappa shape index (κ3) is 2.31. The molecule has 0 amide bonds. The van der Waals surface area contributed by atoms with Gasteiger partial charge in [-0.15, -0.1) is 0 Å². The molecule has 8 nitrogen and oxygen atoms in total. The number of carbonyl (C=O) groups is 1. The van der Waals surface area contributed by atoms with Crippen LogP contribution in [0.3, 0.4) is 0 Å². The van der Waals surface area contributed by atoms with Crippen molar-refractivity contribution < 1.29 is 14.8 Å². The van der Waals surface area contributed by atoms with Crippen LogP contribution in [0.4, 0.5) is 11.6 Å². The number of aromatic nitrogens is 2. The summed E-state index contributed by atoms with van der Waals surface area (Å²) in [6, 6.07) is -0.309. The summed E-state index contributed by atoms with van der Waals surface area (Å²) in [7, 11) is 0. The van der Waals surface area contributed by atoms with Crippen molar-refractivity contribution >= 4 is 33.9 Å². The molecule has 1 fully saturated rings. The minimum Gasteiger partial charge on any atom is -0.481 e. The van der Waals surface area contributed by atoms with Crippen LogP contribution in [0.2, 0.25) is 0 Å². The second kappa shape index (κ2) is 4.75. The predicted molar refractivity (Wildman–Crippen MR) is 72.1 cm³/mol. The molecule has 0 aromatic carbocycles. The molecule has 106 valence electrons. The monoisotopic (exact) mass is 296 g/mol. The molecule has 2 N–H and O–H groups in total. The van der Waals surface area contributed by atoms with Gasteiger partial charge in [0.05, 0.1) is 6.42 Å². The van der Waals surface area contributed by atoms with E-state index in [2.05, 4.69) is 10.3 Å². The first-order valence-electron chi connectivity index (χ1n) is 6.14. The van der Waals surface area contributed by atoms with Crippen LogP contribution in [0.5, 0.6) is 0 Å². The topological polar surface area (TPSA) is 110 Å². The number of fused-ring (bicyclic) bond motifs is 1. The molecule has 0 radical (unpaired) electrons. The third-order valence-corrected chi connectivity index (χ3v) is 4.07. The minimum atomic E-state index is -0.918. The Kier molecular flexibility index (Phi) is 3.05. The predicted octanol–water partition coefficient (Wildman–Crippen LogP) is 1.97. The Bertz CT molecular complexity index is 675. The summed E-state index contributed by atoms with van der Waals surface area (Å²) >= 11 is 1.30. The van der Waals surface area contributed by atoms with Crippen molar-refractivity contribution in [1.82, 2.24) is 9.38 Å². The number of imidazole rings is 1. The van der Waals surface area contributed by atoms with E-state index in [1.807, 2.05) is 0 Å². The number of hydrogen-bond acceptors (Lipinski definition) is 6. The number of nitrogens with one attached hydrogen (secondary N) is 1. The van der Waals surface area contributed by atoms with E-state index < -0.39 is 10.9 Å². The molecule has 1 aliphatic rings. The highest BCUT2D eigenvalue weighted by molar-refractivity contribution is 7.15. The number of anilines is 1. The van der Waals surface area contributed by atoms with Gasteiger partial charge in [-0.25, -0.2) is 0 Å². The van der Waals surface area contributed by atoms with Crippen molar-refractivity contribution in [3.05, 3.63) is 21.7 Å². The highest BCUT2D eigenvalue weighted by Gasteiger charge is 2.35. The Morgan fingerprint density at radius 2 is 2.45 bits per heavy atom. The van der Waals surface area contributed by atoms with Crippen LogP contribution >= 0.6 is 11.3 Å². The smallest absolute Gasteiger partial charge is 0.372 e. The largest absolute Gasteiger partial charge is 0.481 e. The van der Waals surface area contributed by atoms with Crippen molar-refractivity contribution in [2.45, 2.75) is 25.3 Å². The summed E-state index contributed by atoms with van der Waals surface area (Å²) in [4.78, 5) is 26.3. The molecule has 9 heteroatoms. The lowest BCUT2D eigenvalue weighted by atomic mass is 10.1. The molecule has 3 rings (SSSR count). The molecule has 1 unspecified atom stereocenters. The summed E-state index contributed by atoms with van der Waals surface area (Å²) in [5.74, 6) is -0.652. The number of nitro groups is 1. The van der Waals surface area contributed by atoms with Crippen LogP contribution < -0.4 is 5.32 Å². The van der Waals surface area contributed by atoms with E-state index in [4.69, 9.17) is 5.11 Å². The molecule has 0 saturated heterocycles. The highest BCUT2D eigenvalue weighted by Crippen LogP contribution is 2.37. The van der Waals surface area contributed by atoms with Crippen LogP contribution in [-0.4, -0.2) is 31.4 Å². The lowest BCUT2D eigenvalue weighted by Crippen LogP contribution is -2.25. The number of carboxylic acids is 1. The maximum Gasteiger partial charge on any atom is 0.372 e. The zero-order valence-corrected chi connectivity index (χ0v) is 11.2. The van der Waals surface area contributed by atoms with Crippen molar-refractivity contribution in [3.8, 4) is 0 Å². The van der Waals surface area contributed by atoms with Gasteiger partial charge in [-0.05, 0) is 23.7 Å². The molecule has 2 aromatic rings. The van der Waals surface area contributed by atoms with Gasteiger partial charge >= 0.3 is 11.8 Å². The van der Waals surface area contributed by atoms with Gasteiger partial charge in [0.25, 0.3) is 4.96 Å². The molecule has 0 bridgehead atoms. The first-order valence-corrected chi connectivity index (χ1v) is 7.02. The van der Waals surface area contributed by atoms with Gasteiger partial charge in [0, 0.05) is 11.4 Å². The SMILES string of the molecule is O=C(O)CC(Nc1nc2sccn2c1[N+](=O)[O-])C1CC1. The normalized spacial score (nSPS) is 16.2. The second-order valence-electron chi connectivity index (χ2n) is 4.78. The highest BCUT2D eigenvalue weighted by atomic mass is 32.1. The van der Waals surface area contributed by atoms with Crippen LogP contribution in [0.1, 0.15) is 19.3 Å². The average Bonchev–Trinajstić information content (AvgIpc) is 3.00. The van der Waals surface area contributed by atoms with E-state index in [1.165, 1.54) is 15.7 Å². The summed E-state index contributed by atoms with van der Waals surface area (Å²) < 4.78 is 1.40. The first kappa shape index (κ1) is 12.9. The number of carboxylic acid groups (broad SMARTS) is 1. The molecular weight excluding hydrogens is 284 g/mol. The molecule has 1 aliphatic carbocycles. The molecule has 20 heavy (non-hydrogen) atoms. The zero-order chi connectivity index (χ0) is 14.3. The van der Waals surface area contributed by atoms with Gasteiger partial charge < -0.3 is 20.5 Å². The molecule has 1 atom stereocenters. The van der Waals surface area contributed by atoms with Gasteiger partial charge in [-0.2, -0.15) is 9.38 Å². The van der Waals surface area contributed by atoms with Gasteiger partial charge in [0.15, 0.2) is 0 Å². The van der Waals surface area contributed by atoms with Gasteiger partial charge in [0.1, 0.15) is 6.20 Å². The number of aliphatic carboxylic acids is 1. The molecule has 1 saturated carbocycles. The Hall–Kier alpha value is -2.16. The molecule has 2 heterocycles. The lowest BCUT2D eigenvalue weighted by Gasteiger charge is -2.15.